The van der Waals surface area contributed by atoms with Crippen LogP contribution < -0.4 is 0 Å². The molecule has 0 aliphatic carbocycles. The molecule has 0 atom stereocenters. The monoisotopic (exact) mass is 203 g/mol. The van der Waals surface area contributed by atoms with Gasteiger partial charge in [-0.25, -0.2) is 13.1 Å². The Hall–Kier alpha value is -0.910. The van der Waals surface area contributed by atoms with Crippen molar-refractivity contribution < 1.29 is 8.42 Å². The molecule has 0 aromatic carbocycles. The highest BCUT2D eigenvalue weighted by molar-refractivity contribution is 7.89. The second-order valence-electron chi connectivity index (χ2n) is 3.35. The van der Waals surface area contributed by atoms with E-state index in [1.54, 1.807) is 10.9 Å². The van der Waals surface area contributed by atoms with Crippen molar-refractivity contribution in [3.05, 3.63) is 11.9 Å². The van der Waals surface area contributed by atoms with Crippen molar-refractivity contribution in [2.24, 2.45) is 0 Å². The Kier molecular flexibility index (Phi) is 2.70. The molecule has 1 heterocycles. The van der Waals surface area contributed by atoms with Gasteiger partial charge < -0.3 is 0 Å². The predicted molar refractivity (Wildman–Crippen MR) is 49.0 cm³/mol. The molecule has 0 spiro atoms. The van der Waals surface area contributed by atoms with Gasteiger partial charge in [-0.05, 0) is 13.8 Å². The number of hydrogen-bond acceptors (Lipinski definition) is 4. The van der Waals surface area contributed by atoms with Crippen molar-refractivity contribution in [1.29, 1.82) is 0 Å². The third kappa shape index (κ3) is 3.14. The maximum atomic E-state index is 10.9. The molecule has 0 saturated heterocycles. The molecule has 1 aromatic rings. The summed E-state index contributed by atoms with van der Waals surface area (Å²) in [5.41, 5.74) is 0.496. The molecule has 0 aliphatic heterocycles. The average molecular weight is 203 g/mol. The Morgan fingerprint density at radius 1 is 1.54 bits per heavy atom. The fourth-order valence-corrected chi connectivity index (χ4v) is 1.57. The molecule has 13 heavy (non-hydrogen) atoms. The SMILES string of the molecule is CC(C)n1cc(CS(C)(=O)=O)nn1. The van der Waals surface area contributed by atoms with Crippen LogP contribution in [0.4, 0.5) is 0 Å². The van der Waals surface area contributed by atoms with Crippen molar-refractivity contribution in [2.75, 3.05) is 6.26 Å². The van der Waals surface area contributed by atoms with Crippen LogP contribution >= 0.6 is 0 Å². The third-order valence-electron chi connectivity index (χ3n) is 1.50. The first-order valence-corrected chi connectivity index (χ1v) is 6.03. The summed E-state index contributed by atoms with van der Waals surface area (Å²) in [6.45, 7) is 3.91. The summed E-state index contributed by atoms with van der Waals surface area (Å²) in [6, 6.07) is 0.209. The smallest absolute Gasteiger partial charge is 0.153 e. The Morgan fingerprint density at radius 3 is 2.54 bits per heavy atom. The van der Waals surface area contributed by atoms with E-state index in [2.05, 4.69) is 10.3 Å². The molecule has 0 aliphatic rings. The quantitative estimate of drug-likeness (QED) is 0.713. The van der Waals surface area contributed by atoms with Crippen LogP contribution in [0.1, 0.15) is 25.6 Å². The van der Waals surface area contributed by atoms with E-state index in [9.17, 15) is 8.42 Å². The van der Waals surface area contributed by atoms with E-state index >= 15 is 0 Å². The Balaban J connectivity index is 2.81. The lowest BCUT2D eigenvalue weighted by molar-refractivity contribution is 0.514. The van der Waals surface area contributed by atoms with Gasteiger partial charge in [-0.15, -0.1) is 5.10 Å². The molecular weight excluding hydrogens is 190 g/mol. The highest BCUT2D eigenvalue weighted by atomic mass is 32.2. The fraction of sp³-hybridized carbons (Fsp3) is 0.714. The van der Waals surface area contributed by atoms with Crippen molar-refractivity contribution >= 4 is 9.84 Å². The molecule has 0 saturated carbocycles. The molecule has 0 unspecified atom stereocenters. The summed E-state index contributed by atoms with van der Waals surface area (Å²) in [5, 5.41) is 7.56. The van der Waals surface area contributed by atoms with Gasteiger partial charge in [-0.2, -0.15) is 0 Å². The number of aromatic nitrogens is 3. The maximum Gasteiger partial charge on any atom is 0.153 e. The first-order chi connectivity index (χ1) is 5.88. The zero-order valence-electron chi connectivity index (χ0n) is 7.93. The zero-order valence-corrected chi connectivity index (χ0v) is 8.74. The third-order valence-corrected chi connectivity index (χ3v) is 2.32. The lowest BCUT2D eigenvalue weighted by atomic mass is 10.4. The molecule has 0 radical (unpaired) electrons. The van der Waals surface area contributed by atoms with Crippen molar-refractivity contribution in [3.63, 3.8) is 0 Å². The molecule has 1 aromatic heterocycles. The molecule has 0 bridgehead atoms. The van der Waals surface area contributed by atoms with Crippen LogP contribution in [0.3, 0.4) is 0 Å². The van der Waals surface area contributed by atoms with Crippen LogP contribution in [0.2, 0.25) is 0 Å². The van der Waals surface area contributed by atoms with Crippen LogP contribution in [0, 0.1) is 0 Å². The number of rotatable bonds is 3. The topological polar surface area (TPSA) is 64.8 Å². The lowest BCUT2D eigenvalue weighted by Crippen LogP contribution is -2.01. The van der Waals surface area contributed by atoms with E-state index < -0.39 is 9.84 Å². The standard InChI is InChI=1S/C7H13N3O2S/c1-6(2)10-4-7(8-9-10)5-13(3,11)12/h4,6H,5H2,1-3H3. The molecule has 0 fully saturated rings. The Morgan fingerprint density at radius 2 is 2.15 bits per heavy atom. The first kappa shape index (κ1) is 10.2. The van der Waals surface area contributed by atoms with Crippen molar-refractivity contribution in [1.82, 2.24) is 15.0 Å². The summed E-state index contributed by atoms with van der Waals surface area (Å²) in [7, 11) is -3.01. The largest absolute Gasteiger partial charge is 0.250 e. The van der Waals surface area contributed by atoms with E-state index in [0.29, 0.717) is 5.69 Å². The van der Waals surface area contributed by atoms with E-state index in [1.807, 2.05) is 13.8 Å². The zero-order chi connectivity index (χ0) is 10.1. The van der Waals surface area contributed by atoms with Crippen molar-refractivity contribution in [3.8, 4) is 0 Å². The number of nitrogens with zero attached hydrogens (tertiary/aromatic N) is 3. The normalized spacial score (nSPS) is 12.3. The minimum atomic E-state index is -3.01. The van der Waals surface area contributed by atoms with E-state index in [-0.39, 0.29) is 11.8 Å². The average Bonchev–Trinajstić information content (AvgIpc) is 2.31. The first-order valence-electron chi connectivity index (χ1n) is 3.97. The van der Waals surface area contributed by atoms with Gasteiger partial charge in [-0.1, -0.05) is 5.21 Å². The highest BCUT2D eigenvalue weighted by Gasteiger charge is 2.09. The maximum absolute atomic E-state index is 10.9. The summed E-state index contributed by atoms with van der Waals surface area (Å²) in [6.07, 6.45) is 2.84. The van der Waals surface area contributed by atoms with E-state index in [4.69, 9.17) is 0 Å². The number of sulfone groups is 1. The molecule has 5 nitrogen and oxygen atoms in total. The molecule has 6 heteroatoms. The molecular formula is C7H13N3O2S. The second-order valence-corrected chi connectivity index (χ2v) is 5.49. The van der Waals surface area contributed by atoms with Crippen LogP contribution in [0.5, 0.6) is 0 Å². The van der Waals surface area contributed by atoms with E-state index in [1.165, 1.54) is 6.26 Å². The van der Waals surface area contributed by atoms with Gasteiger partial charge in [-0.3, -0.25) is 0 Å². The minimum Gasteiger partial charge on any atom is -0.250 e. The van der Waals surface area contributed by atoms with Crippen LogP contribution in [-0.2, 0) is 15.6 Å². The van der Waals surface area contributed by atoms with Gasteiger partial charge in [0.05, 0.1) is 11.4 Å². The molecule has 1 rings (SSSR count). The Labute approximate surface area is 77.7 Å². The summed E-state index contributed by atoms with van der Waals surface area (Å²) < 4.78 is 23.4. The molecule has 0 amide bonds. The van der Waals surface area contributed by atoms with Gasteiger partial charge in [0.25, 0.3) is 0 Å². The van der Waals surface area contributed by atoms with Gasteiger partial charge in [0.1, 0.15) is 0 Å². The van der Waals surface area contributed by atoms with Gasteiger partial charge in [0.2, 0.25) is 0 Å². The second kappa shape index (κ2) is 3.45. The predicted octanol–water partition coefficient (Wildman–Crippen LogP) is 0.404. The number of hydrogen-bond donors (Lipinski definition) is 0. The summed E-state index contributed by atoms with van der Waals surface area (Å²) >= 11 is 0. The summed E-state index contributed by atoms with van der Waals surface area (Å²) in [5.74, 6) is -0.0419. The lowest BCUT2D eigenvalue weighted by Gasteiger charge is -2.00. The van der Waals surface area contributed by atoms with Crippen molar-refractivity contribution in [2.45, 2.75) is 25.6 Å². The van der Waals surface area contributed by atoms with E-state index in [0.717, 1.165) is 0 Å². The van der Waals surface area contributed by atoms with Crippen LogP contribution in [-0.4, -0.2) is 29.7 Å². The van der Waals surface area contributed by atoms with Gasteiger partial charge in [0.15, 0.2) is 9.84 Å². The minimum absolute atomic E-state index is 0.0419. The Bertz CT molecular complexity index is 380. The molecule has 74 valence electrons. The molecule has 0 N–H and O–H groups in total. The van der Waals surface area contributed by atoms with Crippen LogP contribution in [0.15, 0.2) is 6.20 Å². The fourth-order valence-electron chi connectivity index (χ4n) is 0.901. The van der Waals surface area contributed by atoms with Crippen LogP contribution in [0.25, 0.3) is 0 Å². The van der Waals surface area contributed by atoms with Gasteiger partial charge in [0, 0.05) is 18.5 Å². The highest BCUT2D eigenvalue weighted by Crippen LogP contribution is 2.04. The van der Waals surface area contributed by atoms with Gasteiger partial charge >= 0.3 is 0 Å². The summed E-state index contributed by atoms with van der Waals surface area (Å²) in [4.78, 5) is 0.